The Morgan fingerprint density at radius 3 is 2.50 bits per heavy atom. The lowest BCUT2D eigenvalue weighted by Crippen LogP contribution is -2.01. The summed E-state index contributed by atoms with van der Waals surface area (Å²) in [6, 6.07) is 18.8. The molecule has 0 bridgehead atoms. The molecule has 3 aromatic rings. The summed E-state index contributed by atoms with van der Waals surface area (Å²) in [6.45, 7) is 0. The highest BCUT2D eigenvalue weighted by Crippen LogP contribution is 2.16. The molecule has 4 heteroatoms. The predicted octanol–water partition coefficient (Wildman–Crippen LogP) is 4.17. The van der Waals surface area contributed by atoms with E-state index in [1.807, 2.05) is 42.5 Å². The zero-order chi connectivity index (χ0) is 15.4. The van der Waals surface area contributed by atoms with Gasteiger partial charge in [0.1, 0.15) is 5.82 Å². The first kappa shape index (κ1) is 13.9. The van der Waals surface area contributed by atoms with Crippen molar-refractivity contribution in [2.24, 2.45) is 5.16 Å². The van der Waals surface area contributed by atoms with E-state index in [0.717, 1.165) is 16.3 Å². The summed E-state index contributed by atoms with van der Waals surface area (Å²) in [5, 5.41) is 5.82. The van der Waals surface area contributed by atoms with E-state index in [4.69, 9.17) is 4.84 Å². The molecule has 22 heavy (non-hydrogen) atoms. The third kappa shape index (κ3) is 3.01. The fourth-order valence-electron chi connectivity index (χ4n) is 2.13. The summed E-state index contributed by atoms with van der Waals surface area (Å²) in [7, 11) is 0. The number of carbonyl (C=O) groups is 1. The van der Waals surface area contributed by atoms with Crippen molar-refractivity contribution in [2.45, 2.75) is 0 Å². The molecule has 0 atom stereocenters. The third-order valence-electron chi connectivity index (χ3n) is 3.23. The van der Waals surface area contributed by atoms with Crippen LogP contribution in [0.15, 0.2) is 71.9 Å². The molecule has 0 fully saturated rings. The fraction of sp³-hybridized carbons (Fsp3) is 0. The van der Waals surface area contributed by atoms with Gasteiger partial charge < -0.3 is 4.84 Å². The van der Waals surface area contributed by atoms with Gasteiger partial charge in [-0.25, -0.2) is 9.18 Å². The second-order valence-corrected chi connectivity index (χ2v) is 4.69. The van der Waals surface area contributed by atoms with Crippen LogP contribution in [0.5, 0.6) is 0 Å². The van der Waals surface area contributed by atoms with Gasteiger partial charge in [-0.15, -0.1) is 0 Å². The van der Waals surface area contributed by atoms with Crippen LogP contribution in [0.1, 0.15) is 15.9 Å². The van der Waals surface area contributed by atoms with Gasteiger partial charge >= 0.3 is 5.97 Å². The number of nitrogens with zero attached hydrogens (tertiary/aromatic N) is 1. The summed E-state index contributed by atoms with van der Waals surface area (Å²) in [6.07, 6.45) is 1.49. The zero-order valence-corrected chi connectivity index (χ0v) is 11.6. The average molecular weight is 293 g/mol. The van der Waals surface area contributed by atoms with Crippen molar-refractivity contribution >= 4 is 23.0 Å². The predicted molar refractivity (Wildman–Crippen MR) is 83.4 cm³/mol. The number of fused-ring (bicyclic) bond motifs is 1. The van der Waals surface area contributed by atoms with Crippen LogP contribution in [0.25, 0.3) is 10.8 Å². The van der Waals surface area contributed by atoms with Gasteiger partial charge in [-0.05, 0) is 35.0 Å². The van der Waals surface area contributed by atoms with E-state index < -0.39 is 11.8 Å². The SMILES string of the molecule is O=C(O/N=C\c1cccc2ccccc12)c1ccc(F)cc1. The Morgan fingerprint density at radius 1 is 0.955 bits per heavy atom. The van der Waals surface area contributed by atoms with Crippen molar-refractivity contribution < 1.29 is 14.0 Å². The van der Waals surface area contributed by atoms with Crippen LogP contribution in [-0.4, -0.2) is 12.2 Å². The lowest BCUT2D eigenvalue weighted by molar-refractivity contribution is 0.0519. The van der Waals surface area contributed by atoms with Crippen molar-refractivity contribution in [3.63, 3.8) is 0 Å². The van der Waals surface area contributed by atoms with Crippen LogP contribution < -0.4 is 0 Å². The van der Waals surface area contributed by atoms with Gasteiger partial charge in [-0.1, -0.05) is 47.6 Å². The molecule has 3 rings (SSSR count). The lowest BCUT2D eigenvalue weighted by atomic mass is 10.1. The molecular formula is C18H12FNO2. The van der Waals surface area contributed by atoms with Crippen molar-refractivity contribution in [1.82, 2.24) is 0 Å². The number of benzene rings is 3. The molecule has 0 amide bonds. The number of halogens is 1. The zero-order valence-electron chi connectivity index (χ0n) is 11.6. The Balaban J connectivity index is 1.76. The van der Waals surface area contributed by atoms with Crippen LogP contribution in [0, 0.1) is 5.82 Å². The van der Waals surface area contributed by atoms with Gasteiger partial charge in [0.2, 0.25) is 0 Å². The van der Waals surface area contributed by atoms with E-state index in [-0.39, 0.29) is 5.56 Å². The molecule has 0 N–H and O–H groups in total. The normalized spacial score (nSPS) is 11.0. The summed E-state index contributed by atoms with van der Waals surface area (Å²) < 4.78 is 12.8. The van der Waals surface area contributed by atoms with E-state index in [2.05, 4.69) is 5.16 Å². The lowest BCUT2D eigenvalue weighted by Gasteiger charge is -2.01. The maximum absolute atomic E-state index is 12.8. The summed E-state index contributed by atoms with van der Waals surface area (Å²) in [5.74, 6) is -1.03. The second-order valence-electron chi connectivity index (χ2n) is 4.69. The minimum atomic E-state index is -0.628. The van der Waals surface area contributed by atoms with E-state index in [9.17, 15) is 9.18 Å². The molecule has 0 aliphatic carbocycles. The largest absolute Gasteiger partial charge is 0.365 e. The molecule has 0 unspecified atom stereocenters. The Morgan fingerprint density at radius 2 is 1.68 bits per heavy atom. The number of oxime groups is 1. The molecule has 0 heterocycles. The number of rotatable bonds is 3. The Labute approximate surface area is 126 Å². The van der Waals surface area contributed by atoms with Crippen molar-refractivity contribution in [3.05, 3.63) is 83.7 Å². The standard InChI is InChI=1S/C18H12FNO2/c19-16-10-8-14(9-11-16)18(21)22-20-12-15-6-3-5-13-4-1-2-7-17(13)15/h1-12H/b20-12-. The first-order chi connectivity index (χ1) is 10.7. The molecule has 0 radical (unpaired) electrons. The topological polar surface area (TPSA) is 38.7 Å². The van der Waals surface area contributed by atoms with Gasteiger partial charge in [0, 0.05) is 5.56 Å². The Kier molecular flexibility index (Phi) is 3.92. The molecule has 0 aromatic heterocycles. The molecule has 0 saturated heterocycles. The number of hydrogen-bond donors (Lipinski definition) is 0. The Hall–Kier alpha value is -3.01. The fourth-order valence-corrected chi connectivity index (χ4v) is 2.13. The van der Waals surface area contributed by atoms with E-state index in [0.29, 0.717) is 0 Å². The first-order valence-corrected chi connectivity index (χ1v) is 6.72. The number of carbonyl (C=O) groups excluding carboxylic acids is 1. The maximum Gasteiger partial charge on any atom is 0.365 e. The summed E-state index contributed by atoms with van der Waals surface area (Å²) in [5.41, 5.74) is 1.10. The Bertz CT molecular complexity index is 836. The molecule has 3 aromatic carbocycles. The monoisotopic (exact) mass is 293 g/mol. The molecule has 0 spiro atoms. The maximum atomic E-state index is 12.8. The number of hydrogen-bond acceptors (Lipinski definition) is 3. The van der Waals surface area contributed by atoms with E-state index in [1.165, 1.54) is 30.5 Å². The van der Waals surface area contributed by atoms with Gasteiger partial charge in [-0.3, -0.25) is 0 Å². The smallest absolute Gasteiger partial charge is 0.313 e. The van der Waals surface area contributed by atoms with Crippen molar-refractivity contribution in [1.29, 1.82) is 0 Å². The van der Waals surface area contributed by atoms with Gasteiger partial charge in [0.25, 0.3) is 0 Å². The van der Waals surface area contributed by atoms with Crippen molar-refractivity contribution in [2.75, 3.05) is 0 Å². The molecule has 3 nitrogen and oxygen atoms in total. The van der Waals surface area contributed by atoms with Crippen LogP contribution >= 0.6 is 0 Å². The molecule has 0 saturated carbocycles. The third-order valence-corrected chi connectivity index (χ3v) is 3.23. The molecule has 108 valence electrons. The summed E-state index contributed by atoms with van der Waals surface area (Å²) in [4.78, 5) is 16.6. The highest BCUT2D eigenvalue weighted by atomic mass is 19.1. The van der Waals surface area contributed by atoms with Crippen LogP contribution in [-0.2, 0) is 4.84 Å². The van der Waals surface area contributed by atoms with Crippen LogP contribution in [0.2, 0.25) is 0 Å². The minimum Gasteiger partial charge on any atom is -0.313 e. The average Bonchev–Trinajstić information content (AvgIpc) is 2.55. The minimum absolute atomic E-state index is 0.247. The van der Waals surface area contributed by atoms with Crippen LogP contribution in [0.3, 0.4) is 0 Å². The first-order valence-electron chi connectivity index (χ1n) is 6.72. The van der Waals surface area contributed by atoms with Gasteiger partial charge in [0.05, 0.1) is 11.8 Å². The second kappa shape index (κ2) is 6.18. The van der Waals surface area contributed by atoms with Crippen LogP contribution in [0.4, 0.5) is 4.39 Å². The van der Waals surface area contributed by atoms with E-state index in [1.54, 1.807) is 0 Å². The highest BCUT2D eigenvalue weighted by molar-refractivity contribution is 5.99. The summed E-state index contributed by atoms with van der Waals surface area (Å²) >= 11 is 0. The highest BCUT2D eigenvalue weighted by Gasteiger charge is 2.06. The molecule has 0 aliphatic heterocycles. The van der Waals surface area contributed by atoms with Crippen molar-refractivity contribution in [3.8, 4) is 0 Å². The quantitative estimate of drug-likeness (QED) is 0.413. The molecular weight excluding hydrogens is 281 g/mol. The van der Waals surface area contributed by atoms with Gasteiger partial charge in [-0.2, -0.15) is 0 Å². The molecule has 0 aliphatic rings. The van der Waals surface area contributed by atoms with Gasteiger partial charge in [0.15, 0.2) is 0 Å². The van der Waals surface area contributed by atoms with E-state index >= 15 is 0 Å².